The van der Waals surface area contributed by atoms with Gasteiger partial charge in [0, 0.05) is 17.5 Å². The van der Waals surface area contributed by atoms with Gasteiger partial charge in [0.05, 0.1) is 0 Å². The highest BCUT2D eigenvalue weighted by Crippen LogP contribution is 2.35. The molecule has 0 aromatic carbocycles. The van der Waals surface area contributed by atoms with Gasteiger partial charge < -0.3 is 21.7 Å². The van der Waals surface area contributed by atoms with Crippen LogP contribution in [-0.4, -0.2) is 33.9 Å². The molecule has 0 radical (unpaired) electrons. The molecule has 1 heterocycles. The van der Waals surface area contributed by atoms with Crippen molar-refractivity contribution in [3.05, 3.63) is 0 Å². The summed E-state index contributed by atoms with van der Waals surface area (Å²) in [5, 5.41) is 4.11. The zero-order valence-electron chi connectivity index (χ0n) is 9.22. The highest BCUT2D eigenvalue weighted by molar-refractivity contribution is 6.20. The first-order chi connectivity index (χ1) is 5.77. The topological polar surface area (TPSA) is 107 Å². The minimum absolute atomic E-state index is 0. The maximum Gasteiger partial charge on any atom is 0.0379 e. The lowest BCUT2D eigenvalue weighted by atomic mass is 9.77. The Labute approximate surface area is 96.3 Å². The van der Waals surface area contributed by atoms with E-state index in [0.29, 0.717) is 11.4 Å². The van der Waals surface area contributed by atoms with Crippen molar-refractivity contribution in [2.75, 3.05) is 0 Å². The summed E-state index contributed by atoms with van der Waals surface area (Å²) >= 11 is 6.30. The Morgan fingerprint density at radius 1 is 1.00 bits per heavy atom. The monoisotopic (exact) mass is 241 g/mol. The lowest BCUT2D eigenvalue weighted by molar-refractivity contribution is 0.187. The van der Waals surface area contributed by atoms with Crippen molar-refractivity contribution in [1.29, 1.82) is 0 Å². The number of hydrogen-bond acceptors (Lipinski definition) is 1. The Bertz CT molecular complexity index is 171. The molecule has 4 atom stereocenters. The minimum atomic E-state index is 0. The number of hydrogen-bond donors (Lipinski definition) is 1. The fourth-order valence-electron chi connectivity index (χ4n) is 2.69. The summed E-state index contributed by atoms with van der Waals surface area (Å²) in [7, 11) is 0. The second-order valence-corrected chi connectivity index (χ2v) is 4.92. The lowest BCUT2D eigenvalue weighted by Gasteiger charge is -2.42. The van der Waals surface area contributed by atoms with Gasteiger partial charge in [0.25, 0.3) is 0 Å². The van der Waals surface area contributed by atoms with Gasteiger partial charge in [-0.1, -0.05) is 6.42 Å². The first kappa shape index (κ1) is 17.5. The van der Waals surface area contributed by atoms with E-state index in [4.69, 9.17) is 11.6 Å². The van der Waals surface area contributed by atoms with Gasteiger partial charge in [-0.25, -0.2) is 0 Å². The number of halogens is 1. The third-order valence-corrected chi connectivity index (χ3v) is 3.95. The maximum atomic E-state index is 6.30. The predicted molar refractivity (Wildman–Crippen MR) is 63.4 cm³/mol. The molecule has 94 valence electrons. The summed E-state index contributed by atoms with van der Waals surface area (Å²) in [5.41, 5.74) is 0. The Kier molecular flexibility index (Phi) is 8.66. The Balaban J connectivity index is 0. The summed E-state index contributed by atoms with van der Waals surface area (Å²) in [6.45, 7) is 2.29. The lowest BCUT2D eigenvalue weighted by Crippen LogP contribution is -2.50. The minimum Gasteiger partial charge on any atom is -0.412 e. The molecule has 1 saturated carbocycles. The molecule has 1 aliphatic carbocycles. The van der Waals surface area contributed by atoms with Crippen molar-refractivity contribution in [3.8, 4) is 0 Å². The molecule has 7 N–H and O–H groups in total. The molecule has 5 heteroatoms. The van der Waals surface area contributed by atoms with Crippen LogP contribution in [0.5, 0.6) is 0 Å². The van der Waals surface area contributed by atoms with E-state index in [9.17, 15) is 0 Å². The van der Waals surface area contributed by atoms with Gasteiger partial charge in [0.2, 0.25) is 0 Å². The fourth-order valence-corrected chi connectivity index (χ4v) is 3.15. The highest BCUT2D eigenvalue weighted by atomic mass is 35.5. The van der Waals surface area contributed by atoms with E-state index in [0.717, 1.165) is 12.0 Å². The summed E-state index contributed by atoms with van der Waals surface area (Å²) < 4.78 is 0. The van der Waals surface area contributed by atoms with Gasteiger partial charge in [0.15, 0.2) is 0 Å². The van der Waals surface area contributed by atoms with Gasteiger partial charge in [-0.05, 0) is 38.5 Å². The summed E-state index contributed by atoms with van der Waals surface area (Å²) in [5.74, 6) is 0.761. The molecular formula is C10H24ClNO3. The average molecular weight is 242 g/mol. The molecule has 0 spiro atoms. The van der Waals surface area contributed by atoms with Gasteiger partial charge in [-0.2, -0.15) is 0 Å². The number of nitrogens with one attached hydrogen (secondary N) is 1. The molecule has 1 aliphatic heterocycles. The predicted octanol–water partition coefficient (Wildman–Crippen LogP) is 0.0603. The van der Waals surface area contributed by atoms with E-state index in [1.54, 1.807) is 0 Å². The van der Waals surface area contributed by atoms with Crippen LogP contribution in [0.15, 0.2) is 0 Å². The quantitative estimate of drug-likeness (QED) is 0.595. The first-order valence-corrected chi connectivity index (χ1v) is 5.61. The molecule has 0 bridgehead atoms. The summed E-state index contributed by atoms with van der Waals surface area (Å²) in [6.07, 6.45) is 6.55. The third-order valence-electron chi connectivity index (χ3n) is 3.41. The van der Waals surface area contributed by atoms with E-state index in [2.05, 4.69) is 12.2 Å². The molecule has 0 amide bonds. The number of rotatable bonds is 0. The Morgan fingerprint density at radius 3 is 2.33 bits per heavy atom. The molecule has 0 aromatic heterocycles. The maximum absolute atomic E-state index is 6.30. The zero-order valence-corrected chi connectivity index (χ0v) is 9.98. The van der Waals surface area contributed by atoms with Crippen LogP contribution in [0.2, 0.25) is 0 Å². The molecular weight excluding hydrogens is 218 g/mol. The van der Waals surface area contributed by atoms with Gasteiger partial charge in [-0.3, -0.25) is 0 Å². The second kappa shape index (κ2) is 7.41. The largest absolute Gasteiger partial charge is 0.412 e. The van der Waals surface area contributed by atoms with Crippen LogP contribution in [-0.2, 0) is 0 Å². The Morgan fingerprint density at radius 2 is 1.67 bits per heavy atom. The van der Waals surface area contributed by atoms with E-state index < -0.39 is 0 Å². The molecule has 2 rings (SSSR count). The Hall–Kier alpha value is 0.130. The van der Waals surface area contributed by atoms with Crippen LogP contribution >= 0.6 is 11.6 Å². The molecule has 0 aromatic rings. The standard InChI is InChI=1S/C10H18ClN.3H2O/c1-7-5-6-8-9(11)3-2-4-10(8)12-7;;;/h7-10,12H,2-6H2,1H3;3*1H2. The van der Waals surface area contributed by atoms with E-state index in [1.807, 2.05) is 0 Å². The molecule has 4 unspecified atom stereocenters. The van der Waals surface area contributed by atoms with Gasteiger partial charge in [-0.15, -0.1) is 11.6 Å². The molecule has 15 heavy (non-hydrogen) atoms. The fraction of sp³-hybridized carbons (Fsp3) is 1.00. The van der Waals surface area contributed by atoms with Crippen molar-refractivity contribution < 1.29 is 16.4 Å². The van der Waals surface area contributed by atoms with Crippen LogP contribution in [0.3, 0.4) is 0 Å². The second-order valence-electron chi connectivity index (χ2n) is 4.36. The van der Waals surface area contributed by atoms with Crippen LogP contribution in [0.1, 0.15) is 39.0 Å². The number of piperidine rings is 1. The smallest absolute Gasteiger partial charge is 0.0379 e. The molecule has 4 nitrogen and oxygen atoms in total. The van der Waals surface area contributed by atoms with E-state index >= 15 is 0 Å². The van der Waals surface area contributed by atoms with Crippen LogP contribution in [0, 0.1) is 5.92 Å². The zero-order chi connectivity index (χ0) is 8.55. The van der Waals surface area contributed by atoms with Crippen LogP contribution in [0.25, 0.3) is 0 Å². The van der Waals surface area contributed by atoms with Crippen molar-refractivity contribution in [3.63, 3.8) is 0 Å². The third kappa shape index (κ3) is 3.89. The SMILES string of the molecule is CC1CCC2C(Cl)CCCC2N1.O.O.O. The van der Waals surface area contributed by atoms with Crippen molar-refractivity contribution >= 4 is 11.6 Å². The first-order valence-electron chi connectivity index (χ1n) is 5.17. The molecule has 2 fully saturated rings. The summed E-state index contributed by atoms with van der Waals surface area (Å²) in [6, 6.07) is 1.44. The van der Waals surface area contributed by atoms with E-state index in [-0.39, 0.29) is 16.4 Å². The van der Waals surface area contributed by atoms with Crippen molar-refractivity contribution in [1.82, 2.24) is 5.32 Å². The number of alkyl halides is 1. The average Bonchev–Trinajstić information content (AvgIpc) is 2.04. The van der Waals surface area contributed by atoms with Gasteiger partial charge in [0.1, 0.15) is 0 Å². The molecule has 2 aliphatic rings. The van der Waals surface area contributed by atoms with Gasteiger partial charge >= 0.3 is 0 Å². The highest BCUT2D eigenvalue weighted by Gasteiger charge is 2.35. The number of fused-ring (bicyclic) bond motifs is 1. The van der Waals surface area contributed by atoms with Crippen molar-refractivity contribution in [2.24, 2.45) is 5.92 Å². The normalized spacial score (nSPS) is 38.8. The van der Waals surface area contributed by atoms with E-state index in [1.165, 1.54) is 32.1 Å². The van der Waals surface area contributed by atoms with Crippen LogP contribution < -0.4 is 5.32 Å². The van der Waals surface area contributed by atoms with Crippen molar-refractivity contribution in [2.45, 2.75) is 56.5 Å². The molecule has 1 saturated heterocycles. The van der Waals surface area contributed by atoms with Crippen LogP contribution in [0.4, 0.5) is 0 Å². The summed E-state index contributed by atoms with van der Waals surface area (Å²) in [4.78, 5) is 0.